The lowest BCUT2D eigenvalue weighted by molar-refractivity contribution is -0.128. The quantitative estimate of drug-likeness (QED) is 0.437. The molecule has 3 aromatic carbocycles. The minimum absolute atomic E-state index is 0.0857. The molecule has 0 radical (unpaired) electrons. The van der Waals surface area contributed by atoms with Crippen molar-refractivity contribution in [3.8, 4) is 5.75 Å². The fourth-order valence-corrected chi connectivity index (χ4v) is 5.26. The molecule has 2 atom stereocenters. The number of amides is 3. The number of nitrogens with zero attached hydrogens (tertiary/aromatic N) is 2. The number of rotatable bonds is 8. The Hall–Kier alpha value is -3.96. The van der Waals surface area contributed by atoms with Gasteiger partial charge < -0.3 is 25.2 Å². The van der Waals surface area contributed by atoms with Crippen LogP contribution < -0.4 is 25.2 Å². The van der Waals surface area contributed by atoms with Crippen molar-refractivity contribution >= 4 is 49.7 Å². The van der Waals surface area contributed by atoms with Crippen LogP contribution in [0.3, 0.4) is 0 Å². The van der Waals surface area contributed by atoms with E-state index in [9.17, 15) is 22.8 Å². The Kier molecular flexibility index (Phi) is 8.22. The van der Waals surface area contributed by atoms with Gasteiger partial charge in [0.25, 0.3) is 5.91 Å². The van der Waals surface area contributed by atoms with Gasteiger partial charge in [-0.1, -0.05) is 42.5 Å². The summed E-state index contributed by atoms with van der Waals surface area (Å²) in [6.45, 7) is 1.51. The number of sulfone groups is 1. The van der Waals surface area contributed by atoms with E-state index in [0.29, 0.717) is 17.1 Å². The Morgan fingerprint density at radius 3 is 2.38 bits per heavy atom. The van der Waals surface area contributed by atoms with Gasteiger partial charge in [0.05, 0.1) is 37.6 Å². The molecule has 0 fully saturated rings. The van der Waals surface area contributed by atoms with Crippen molar-refractivity contribution in [1.82, 2.24) is 10.6 Å². The summed E-state index contributed by atoms with van der Waals surface area (Å²) in [5.74, 6) is -1.72. The SMILES string of the molecule is CNC(C)C(=O)NC1CN(C(=O)CS(C)(=O)=O)c2ccccc2N(Cc2c(OC)ccc3ccccc23)C1=O. The highest BCUT2D eigenvalue weighted by atomic mass is 32.2. The van der Waals surface area contributed by atoms with E-state index in [0.717, 1.165) is 22.6 Å². The summed E-state index contributed by atoms with van der Waals surface area (Å²) in [5.41, 5.74) is 1.54. The second kappa shape index (κ2) is 11.4. The standard InChI is InChI=1S/C28H32N4O6S/c1-18(29-2)27(34)30-22-16-31(26(33)17-39(4,36)37)23-11-7-8-12-24(23)32(28(22)35)15-21-20-10-6-5-9-19(20)13-14-25(21)38-3/h5-14,18,22,29H,15-17H2,1-4H3,(H,30,34). The largest absolute Gasteiger partial charge is 0.496 e. The predicted molar refractivity (Wildman–Crippen MR) is 151 cm³/mol. The molecule has 0 bridgehead atoms. The van der Waals surface area contributed by atoms with E-state index in [1.54, 1.807) is 45.3 Å². The molecular weight excluding hydrogens is 520 g/mol. The fraction of sp³-hybridized carbons (Fsp3) is 0.321. The normalized spacial score (nSPS) is 16.4. The summed E-state index contributed by atoms with van der Waals surface area (Å²) < 4.78 is 29.7. The molecule has 0 aliphatic carbocycles. The Morgan fingerprint density at radius 2 is 1.72 bits per heavy atom. The molecule has 1 aliphatic heterocycles. The van der Waals surface area contributed by atoms with Crippen LogP contribution in [0.5, 0.6) is 5.75 Å². The Balaban J connectivity index is 1.87. The van der Waals surface area contributed by atoms with E-state index in [1.807, 2.05) is 36.4 Å². The van der Waals surface area contributed by atoms with Crippen molar-refractivity contribution in [1.29, 1.82) is 0 Å². The number of hydrogen-bond donors (Lipinski definition) is 2. The number of benzene rings is 3. The van der Waals surface area contributed by atoms with E-state index in [-0.39, 0.29) is 13.1 Å². The number of likely N-dealkylation sites (N-methyl/N-ethyl adjacent to an activating group) is 1. The molecular formula is C28H32N4O6S. The van der Waals surface area contributed by atoms with Crippen molar-refractivity contribution in [2.45, 2.75) is 25.6 Å². The molecule has 2 unspecified atom stereocenters. The van der Waals surface area contributed by atoms with Gasteiger partial charge in [-0.25, -0.2) is 8.42 Å². The average Bonchev–Trinajstić information content (AvgIpc) is 3.02. The molecule has 0 saturated heterocycles. The Morgan fingerprint density at radius 1 is 1.05 bits per heavy atom. The molecule has 3 aromatic rings. The van der Waals surface area contributed by atoms with Crippen LogP contribution in [0.1, 0.15) is 12.5 Å². The van der Waals surface area contributed by atoms with Gasteiger partial charge >= 0.3 is 0 Å². The molecule has 39 heavy (non-hydrogen) atoms. The molecule has 11 heteroatoms. The van der Waals surface area contributed by atoms with Crippen LogP contribution in [-0.4, -0.2) is 70.9 Å². The maximum atomic E-state index is 14.1. The zero-order chi connectivity index (χ0) is 28.3. The van der Waals surface area contributed by atoms with Crippen LogP contribution in [0.2, 0.25) is 0 Å². The number of ether oxygens (including phenoxy) is 1. The minimum Gasteiger partial charge on any atom is -0.496 e. The molecule has 3 amide bonds. The van der Waals surface area contributed by atoms with E-state index in [1.165, 1.54) is 9.80 Å². The Bertz CT molecular complexity index is 1520. The first-order valence-electron chi connectivity index (χ1n) is 12.4. The highest BCUT2D eigenvalue weighted by Crippen LogP contribution is 2.37. The number of hydrogen-bond acceptors (Lipinski definition) is 7. The van der Waals surface area contributed by atoms with Crippen LogP contribution >= 0.6 is 0 Å². The Labute approximate surface area is 227 Å². The van der Waals surface area contributed by atoms with Crippen molar-refractivity contribution < 1.29 is 27.5 Å². The summed E-state index contributed by atoms with van der Waals surface area (Å²) in [6.07, 6.45) is 0.979. The third kappa shape index (κ3) is 6.04. The molecule has 1 heterocycles. The maximum absolute atomic E-state index is 14.1. The molecule has 1 aliphatic rings. The van der Waals surface area contributed by atoms with Gasteiger partial charge in [0.2, 0.25) is 11.8 Å². The summed E-state index contributed by atoms with van der Waals surface area (Å²) in [4.78, 5) is 43.0. The van der Waals surface area contributed by atoms with Crippen LogP contribution in [0.25, 0.3) is 10.8 Å². The third-order valence-corrected chi connectivity index (χ3v) is 7.53. The zero-order valence-electron chi connectivity index (χ0n) is 22.3. The van der Waals surface area contributed by atoms with Crippen molar-refractivity contribution in [2.24, 2.45) is 0 Å². The molecule has 2 N–H and O–H groups in total. The van der Waals surface area contributed by atoms with Crippen molar-refractivity contribution in [3.63, 3.8) is 0 Å². The summed E-state index contributed by atoms with van der Waals surface area (Å²) >= 11 is 0. The highest BCUT2D eigenvalue weighted by Gasteiger charge is 2.38. The second-order valence-electron chi connectivity index (χ2n) is 9.53. The second-order valence-corrected chi connectivity index (χ2v) is 11.7. The number of carbonyl (C=O) groups is 3. The van der Waals surface area contributed by atoms with E-state index < -0.39 is 45.4 Å². The van der Waals surface area contributed by atoms with E-state index in [2.05, 4.69) is 10.6 Å². The lowest BCUT2D eigenvalue weighted by Crippen LogP contribution is -2.56. The average molecular weight is 553 g/mol. The van der Waals surface area contributed by atoms with Crippen LogP contribution in [0, 0.1) is 0 Å². The lowest BCUT2D eigenvalue weighted by Gasteiger charge is -2.27. The van der Waals surface area contributed by atoms with Gasteiger partial charge in [-0.3, -0.25) is 14.4 Å². The minimum atomic E-state index is -3.66. The van der Waals surface area contributed by atoms with Gasteiger partial charge in [0.1, 0.15) is 17.5 Å². The van der Waals surface area contributed by atoms with E-state index >= 15 is 0 Å². The predicted octanol–water partition coefficient (Wildman–Crippen LogP) is 1.87. The smallest absolute Gasteiger partial charge is 0.251 e. The monoisotopic (exact) mass is 552 g/mol. The maximum Gasteiger partial charge on any atom is 0.251 e. The fourth-order valence-electron chi connectivity index (χ4n) is 4.65. The zero-order valence-corrected chi connectivity index (χ0v) is 23.1. The molecule has 10 nitrogen and oxygen atoms in total. The number of nitrogens with one attached hydrogen (secondary N) is 2. The highest BCUT2D eigenvalue weighted by molar-refractivity contribution is 7.91. The van der Waals surface area contributed by atoms with Gasteiger partial charge in [0, 0.05) is 11.8 Å². The number of methoxy groups -OCH3 is 1. The molecule has 4 rings (SSSR count). The summed E-state index contributed by atoms with van der Waals surface area (Å²) in [7, 11) is -0.481. The van der Waals surface area contributed by atoms with E-state index in [4.69, 9.17) is 4.74 Å². The van der Waals surface area contributed by atoms with Gasteiger partial charge in [-0.05, 0) is 42.9 Å². The number of carbonyl (C=O) groups excluding carboxylic acids is 3. The van der Waals surface area contributed by atoms with Crippen molar-refractivity contribution in [2.75, 3.05) is 42.5 Å². The summed E-state index contributed by atoms with van der Waals surface area (Å²) in [5, 5.41) is 7.45. The molecule has 0 aromatic heterocycles. The van der Waals surface area contributed by atoms with Gasteiger partial charge in [-0.2, -0.15) is 0 Å². The molecule has 0 saturated carbocycles. The van der Waals surface area contributed by atoms with Crippen LogP contribution in [-0.2, 0) is 30.8 Å². The number of para-hydroxylation sites is 2. The molecule has 206 valence electrons. The first-order chi connectivity index (χ1) is 18.5. The van der Waals surface area contributed by atoms with Gasteiger partial charge in [-0.15, -0.1) is 0 Å². The summed E-state index contributed by atoms with van der Waals surface area (Å²) in [6, 6.07) is 16.6. The third-order valence-electron chi connectivity index (χ3n) is 6.76. The topological polar surface area (TPSA) is 125 Å². The van der Waals surface area contributed by atoms with Gasteiger partial charge in [0.15, 0.2) is 9.84 Å². The first kappa shape index (κ1) is 28.1. The molecule has 0 spiro atoms. The first-order valence-corrected chi connectivity index (χ1v) is 14.5. The van der Waals surface area contributed by atoms with Crippen LogP contribution in [0.15, 0.2) is 60.7 Å². The van der Waals surface area contributed by atoms with Crippen LogP contribution in [0.4, 0.5) is 11.4 Å². The lowest BCUT2D eigenvalue weighted by atomic mass is 10.0. The number of fused-ring (bicyclic) bond motifs is 2. The van der Waals surface area contributed by atoms with Crippen molar-refractivity contribution in [3.05, 3.63) is 66.2 Å². The number of anilines is 2.